The van der Waals surface area contributed by atoms with Crippen LogP contribution in [0.2, 0.25) is 0 Å². The Balaban J connectivity index is 1.67. The molecular weight excluding hydrogens is 464 g/mol. The number of hydrogen-bond donors (Lipinski definition) is 0. The summed E-state index contributed by atoms with van der Waals surface area (Å²) in [6.07, 6.45) is 0. The van der Waals surface area contributed by atoms with Crippen molar-refractivity contribution >= 4 is 39.5 Å². The predicted molar refractivity (Wildman–Crippen MR) is 116 cm³/mol. The molecule has 2 aromatic rings. The Morgan fingerprint density at radius 3 is 2.61 bits per heavy atom. The van der Waals surface area contributed by atoms with E-state index in [0.717, 1.165) is 10.0 Å². The van der Waals surface area contributed by atoms with Crippen molar-refractivity contribution in [3.8, 4) is 5.75 Å². The van der Waals surface area contributed by atoms with Crippen LogP contribution in [0.25, 0.3) is 0 Å². The fraction of sp³-hybridized carbons (Fsp3) is 0.348. The highest BCUT2D eigenvalue weighted by atomic mass is 79.9. The van der Waals surface area contributed by atoms with E-state index in [9.17, 15) is 14.4 Å². The van der Waals surface area contributed by atoms with Gasteiger partial charge in [-0.3, -0.25) is 9.59 Å². The zero-order valence-electron chi connectivity index (χ0n) is 17.1. The summed E-state index contributed by atoms with van der Waals surface area (Å²) in [7, 11) is 0. The molecule has 3 aliphatic rings. The van der Waals surface area contributed by atoms with Crippen LogP contribution in [0.1, 0.15) is 25.5 Å². The zero-order chi connectivity index (χ0) is 21.9. The highest BCUT2D eigenvalue weighted by molar-refractivity contribution is 9.10. The minimum atomic E-state index is -1.37. The van der Waals surface area contributed by atoms with Gasteiger partial charge in [0.1, 0.15) is 11.3 Å². The lowest BCUT2D eigenvalue weighted by Gasteiger charge is -2.34. The largest absolute Gasteiger partial charge is 0.493 e. The number of rotatable bonds is 3. The average Bonchev–Trinajstić information content (AvgIpc) is 3.14. The first-order valence-corrected chi connectivity index (χ1v) is 11.0. The first-order chi connectivity index (χ1) is 14.9. The van der Waals surface area contributed by atoms with E-state index in [-0.39, 0.29) is 19.1 Å². The second-order valence-electron chi connectivity index (χ2n) is 8.10. The van der Waals surface area contributed by atoms with E-state index in [4.69, 9.17) is 9.47 Å². The lowest BCUT2D eigenvalue weighted by molar-refractivity contribution is -0.154. The van der Waals surface area contributed by atoms with Gasteiger partial charge in [0, 0.05) is 16.0 Å². The smallest absolute Gasteiger partial charge is 0.332 e. The Kier molecular flexibility index (Phi) is 4.58. The first kappa shape index (κ1) is 20.1. The van der Waals surface area contributed by atoms with Crippen LogP contribution in [0.15, 0.2) is 53.0 Å². The number of imide groups is 1. The number of benzene rings is 2. The Morgan fingerprint density at radius 2 is 1.90 bits per heavy atom. The number of fused-ring (bicyclic) bond motifs is 5. The maximum Gasteiger partial charge on any atom is 0.332 e. The van der Waals surface area contributed by atoms with E-state index in [1.807, 2.05) is 24.3 Å². The Labute approximate surface area is 188 Å². The van der Waals surface area contributed by atoms with E-state index >= 15 is 0 Å². The molecule has 3 heterocycles. The maximum atomic E-state index is 13.8. The molecule has 5 rings (SSSR count). The van der Waals surface area contributed by atoms with E-state index in [2.05, 4.69) is 15.9 Å². The number of anilines is 1. The number of amides is 3. The number of hydrogen-bond acceptors (Lipinski definition) is 5. The molecule has 0 aliphatic carbocycles. The van der Waals surface area contributed by atoms with Crippen molar-refractivity contribution in [3.05, 3.63) is 58.6 Å². The minimum absolute atomic E-state index is 0.193. The number of carbonyl (C=O) groups excluding carboxylic acids is 3. The van der Waals surface area contributed by atoms with Gasteiger partial charge < -0.3 is 14.4 Å². The van der Waals surface area contributed by atoms with Crippen molar-refractivity contribution in [1.82, 2.24) is 4.90 Å². The number of urea groups is 1. The summed E-state index contributed by atoms with van der Waals surface area (Å²) in [6.45, 7) is 3.83. The molecule has 3 aliphatic heterocycles. The Morgan fingerprint density at radius 1 is 1.19 bits per heavy atom. The SMILES string of the molecule is CCOC(=O)[C@@H]1[C@H]2COc3ccccc3[C@@H]2N2C(=O)N(c3ccc(Br)cc3)C(=O)[C@@]12C. The summed E-state index contributed by atoms with van der Waals surface area (Å²) < 4.78 is 12.1. The quantitative estimate of drug-likeness (QED) is 0.487. The van der Waals surface area contributed by atoms with Gasteiger partial charge in [0.15, 0.2) is 0 Å². The molecule has 2 saturated heterocycles. The summed E-state index contributed by atoms with van der Waals surface area (Å²) in [5.74, 6) is -1.45. The highest BCUT2D eigenvalue weighted by Gasteiger charge is 2.72. The second-order valence-corrected chi connectivity index (χ2v) is 9.02. The van der Waals surface area contributed by atoms with Crippen LogP contribution in [0.3, 0.4) is 0 Å². The molecular formula is C23H21BrN2O5. The topological polar surface area (TPSA) is 76.2 Å². The number of halogens is 1. The van der Waals surface area contributed by atoms with Gasteiger partial charge in [0.25, 0.3) is 5.91 Å². The molecule has 7 nitrogen and oxygen atoms in total. The number of nitrogens with zero attached hydrogens (tertiary/aromatic N) is 2. The fourth-order valence-corrected chi connectivity index (χ4v) is 5.52. The van der Waals surface area contributed by atoms with Crippen LogP contribution < -0.4 is 9.64 Å². The van der Waals surface area contributed by atoms with Gasteiger partial charge in [0.2, 0.25) is 0 Å². The summed E-state index contributed by atoms with van der Waals surface area (Å²) >= 11 is 3.38. The van der Waals surface area contributed by atoms with Crippen LogP contribution in [-0.4, -0.2) is 41.6 Å². The number of carbonyl (C=O) groups is 3. The van der Waals surface area contributed by atoms with Crippen LogP contribution in [0.5, 0.6) is 5.75 Å². The number of ether oxygens (including phenoxy) is 2. The molecule has 0 radical (unpaired) electrons. The molecule has 31 heavy (non-hydrogen) atoms. The molecule has 4 atom stereocenters. The molecule has 160 valence electrons. The average molecular weight is 485 g/mol. The van der Waals surface area contributed by atoms with Crippen molar-refractivity contribution in [2.45, 2.75) is 25.4 Å². The van der Waals surface area contributed by atoms with E-state index in [1.165, 1.54) is 4.90 Å². The molecule has 3 amide bonds. The van der Waals surface area contributed by atoms with Gasteiger partial charge >= 0.3 is 12.0 Å². The Bertz CT molecular complexity index is 1090. The molecule has 8 heteroatoms. The molecule has 0 N–H and O–H groups in total. The van der Waals surface area contributed by atoms with Crippen molar-refractivity contribution in [1.29, 1.82) is 0 Å². The van der Waals surface area contributed by atoms with Gasteiger partial charge in [-0.15, -0.1) is 0 Å². The van der Waals surface area contributed by atoms with E-state index in [0.29, 0.717) is 11.4 Å². The molecule has 2 fully saturated rings. The van der Waals surface area contributed by atoms with Crippen LogP contribution in [-0.2, 0) is 14.3 Å². The van der Waals surface area contributed by atoms with Gasteiger partial charge in [-0.05, 0) is 44.2 Å². The monoisotopic (exact) mass is 484 g/mol. The molecule has 2 aromatic carbocycles. The third kappa shape index (κ3) is 2.67. The zero-order valence-corrected chi connectivity index (χ0v) is 18.7. The van der Waals surface area contributed by atoms with Gasteiger partial charge in [-0.25, -0.2) is 9.69 Å². The third-order valence-electron chi connectivity index (χ3n) is 6.55. The van der Waals surface area contributed by atoms with Gasteiger partial charge in [0.05, 0.1) is 30.9 Å². The molecule has 0 saturated carbocycles. The molecule has 0 unspecified atom stereocenters. The maximum absolute atomic E-state index is 13.8. The van der Waals surface area contributed by atoms with Gasteiger partial charge in [-0.2, -0.15) is 0 Å². The third-order valence-corrected chi connectivity index (χ3v) is 7.07. The minimum Gasteiger partial charge on any atom is -0.493 e. The van der Waals surface area contributed by atoms with Crippen molar-refractivity contribution < 1.29 is 23.9 Å². The first-order valence-electron chi connectivity index (χ1n) is 10.2. The second kappa shape index (κ2) is 7.09. The summed E-state index contributed by atoms with van der Waals surface area (Å²) in [5, 5.41) is 0. The molecule has 0 aromatic heterocycles. The number of esters is 1. The van der Waals surface area contributed by atoms with E-state index in [1.54, 1.807) is 43.0 Å². The van der Waals surface area contributed by atoms with Crippen molar-refractivity contribution in [2.75, 3.05) is 18.1 Å². The van der Waals surface area contributed by atoms with Crippen LogP contribution in [0, 0.1) is 11.8 Å². The lowest BCUT2D eigenvalue weighted by atomic mass is 9.77. The normalized spacial score (nSPS) is 28.7. The summed E-state index contributed by atoms with van der Waals surface area (Å²) in [4.78, 5) is 43.3. The number of para-hydroxylation sites is 1. The standard InChI is InChI=1S/C23H21BrN2O5/c1-3-30-20(27)18-16-12-31-17-7-5-4-6-15(17)19(16)26-22(29)25(21(28)23(18,26)2)14-10-8-13(24)9-11-14/h4-11,16,18-19H,3,12H2,1-2H3/t16-,18+,19+,23-/m1/s1. The fourth-order valence-electron chi connectivity index (χ4n) is 5.26. The summed E-state index contributed by atoms with van der Waals surface area (Å²) in [5.41, 5.74) is -0.101. The van der Waals surface area contributed by atoms with Gasteiger partial charge in [-0.1, -0.05) is 34.1 Å². The van der Waals surface area contributed by atoms with Crippen molar-refractivity contribution in [3.63, 3.8) is 0 Å². The van der Waals surface area contributed by atoms with Crippen molar-refractivity contribution in [2.24, 2.45) is 11.8 Å². The summed E-state index contributed by atoms with van der Waals surface area (Å²) in [6, 6.07) is 13.5. The van der Waals surface area contributed by atoms with Crippen LogP contribution in [0.4, 0.5) is 10.5 Å². The lowest BCUT2D eigenvalue weighted by Crippen LogP contribution is -2.51. The van der Waals surface area contributed by atoms with E-state index < -0.39 is 35.4 Å². The molecule has 0 spiro atoms. The highest BCUT2D eigenvalue weighted by Crippen LogP contribution is 2.58. The predicted octanol–water partition coefficient (Wildman–Crippen LogP) is 3.92. The van der Waals surface area contributed by atoms with Crippen LogP contribution >= 0.6 is 15.9 Å². The molecule has 0 bridgehead atoms. The Hall–Kier alpha value is -2.87.